The molecule has 0 fully saturated rings. The predicted molar refractivity (Wildman–Crippen MR) is 85.8 cm³/mol. The SMILES string of the molecule is CN1CCc2nc(NC(=O)C(=O)Nc3cccc(F)c3)sc2C1. The number of thiazole rings is 1. The number of hydrogen-bond acceptors (Lipinski definition) is 5. The van der Waals surface area contributed by atoms with E-state index in [1.54, 1.807) is 0 Å². The second-order valence-corrected chi connectivity index (χ2v) is 6.38. The molecule has 2 heterocycles. The third kappa shape index (κ3) is 3.72. The number of nitrogens with zero attached hydrogens (tertiary/aromatic N) is 2. The van der Waals surface area contributed by atoms with Gasteiger partial charge in [-0.25, -0.2) is 9.37 Å². The molecule has 0 bridgehead atoms. The second-order valence-electron chi connectivity index (χ2n) is 5.30. The van der Waals surface area contributed by atoms with Gasteiger partial charge in [-0.3, -0.25) is 14.9 Å². The summed E-state index contributed by atoms with van der Waals surface area (Å²) in [5, 5.41) is 5.25. The van der Waals surface area contributed by atoms with Crippen molar-refractivity contribution >= 4 is 34.0 Å². The van der Waals surface area contributed by atoms with E-state index in [1.807, 2.05) is 7.05 Å². The Bertz CT molecular complexity index is 762. The van der Waals surface area contributed by atoms with Gasteiger partial charge in [0.25, 0.3) is 0 Å². The maximum absolute atomic E-state index is 13.1. The summed E-state index contributed by atoms with van der Waals surface area (Å²) in [5.41, 5.74) is 1.19. The van der Waals surface area contributed by atoms with E-state index in [4.69, 9.17) is 0 Å². The highest BCUT2D eigenvalue weighted by molar-refractivity contribution is 7.16. The van der Waals surface area contributed by atoms with E-state index in [9.17, 15) is 14.0 Å². The molecule has 23 heavy (non-hydrogen) atoms. The van der Waals surface area contributed by atoms with Gasteiger partial charge in [-0.1, -0.05) is 6.07 Å². The minimum absolute atomic E-state index is 0.227. The molecular formula is C15H15FN4O2S. The van der Waals surface area contributed by atoms with Crippen molar-refractivity contribution < 1.29 is 14.0 Å². The van der Waals surface area contributed by atoms with Crippen molar-refractivity contribution in [3.8, 4) is 0 Å². The quantitative estimate of drug-likeness (QED) is 0.822. The number of carbonyl (C=O) groups is 2. The van der Waals surface area contributed by atoms with Crippen molar-refractivity contribution in [2.75, 3.05) is 24.2 Å². The molecule has 0 atom stereocenters. The fourth-order valence-electron chi connectivity index (χ4n) is 2.28. The molecule has 8 heteroatoms. The van der Waals surface area contributed by atoms with Crippen LogP contribution in [-0.4, -0.2) is 35.3 Å². The first-order valence-corrected chi connectivity index (χ1v) is 7.88. The van der Waals surface area contributed by atoms with Crippen LogP contribution in [0.5, 0.6) is 0 Å². The fraction of sp³-hybridized carbons (Fsp3) is 0.267. The average molecular weight is 334 g/mol. The van der Waals surface area contributed by atoms with Crippen molar-refractivity contribution in [1.29, 1.82) is 0 Å². The van der Waals surface area contributed by atoms with E-state index in [2.05, 4.69) is 20.5 Å². The van der Waals surface area contributed by atoms with Crippen LogP contribution in [-0.2, 0) is 22.6 Å². The van der Waals surface area contributed by atoms with E-state index in [1.165, 1.54) is 29.5 Å². The van der Waals surface area contributed by atoms with Gasteiger partial charge in [0, 0.05) is 30.1 Å². The molecule has 2 amide bonds. The van der Waals surface area contributed by atoms with Crippen LogP contribution in [0.25, 0.3) is 0 Å². The highest BCUT2D eigenvalue weighted by Gasteiger charge is 2.21. The van der Waals surface area contributed by atoms with Crippen LogP contribution in [0.1, 0.15) is 10.6 Å². The van der Waals surface area contributed by atoms with Gasteiger partial charge < -0.3 is 10.2 Å². The van der Waals surface area contributed by atoms with Crippen LogP contribution in [0.2, 0.25) is 0 Å². The number of nitrogens with one attached hydrogen (secondary N) is 2. The maximum atomic E-state index is 13.1. The first kappa shape index (κ1) is 15.6. The normalized spacial score (nSPS) is 14.2. The number of rotatable bonds is 2. The fourth-order valence-corrected chi connectivity index (χ4v) is 3.37. The van der Waals surface area contributed by atoms with Crippen molar-refractivity contribution in [2.24, 2.45) is 0 Å². The lowest BCUT2D eigenvalue weighted by Gasteiger charge is -2.20. The third-order valence-electron chi connectivity index (χ3n) is 3.43. The van der Waals surface area contributed by atoms with Crippen LogP contribution in [0.15, 0.2) is 24.3 Å². The van der Waals surface area contributed by atoms with Gasteiger partial charge in [0.15, 0.2) is 5.13 Å². The van der Waals surface area contributed by atoms with Gasteiger partial charge in [-0.05, 0) is 25.2 Å². The molecule has 0 saturated heterocycles. The monoisotopic (exact) mass is 334 g/mol. The van der Waals surface area contributed by atoms with E-state index < -0.39 is 17.6 Å². The minimum atomic E-state index is -0.860. The molecule has 0 saturated carbocycles. The Morgan fingerprint density at radius 3 is 2.87 bits per heavy atom. The predicted octanol–water partition coefficient (Wildman–Crippen LogP) is 1.85. The van der Waals surface area contributed by atoms with Gasteiger partial charge in [0.05, 0.1) is 5.69 Å². The summed E-state index contributed by atoms with van der Waals surface area (Å²) in [5.74, 6) is -2.17. The Kier molecular flexibility index (Phi) is 4.35. The highest BCUT2D eigenvalue weighted by atomic mass is 32.1. The minimum Gasteiger partial charge on any atom is -0.318 e. The Morgan fingerprint density at radius 1 is 1.30 bits per heavy atom. The summed E-state index contributed by atoms with van der Waals surface area (Å²) < 4.78 is 13.1. The Balaban J connectivity index is 1.64. The molecule has 120 valence electrons. The molecule has 1 aromatic carbocycles. The summed E-state index contributed by atoms with van der Waals surface area (Å²) in [7, 11) is 2.02. The molecule has 1 aliphatic rings. The van der Waals surface area contributed by atoms with Crippen LogP contribution >= 0.6 is 11.3 Å². The number of aromatic nitrogens is 1. The topological polar surface area (TPSA) is 74.3 Å². The first-order chi connectivity index (χ1) is 11.0. The number of halogens is 1. The smallest absolute Gasteiger partial charge is 0.315 e. The van der Waals surface area contributed by atoms with Crippen LogP contribution in [0, 0.1) is 5.82 Å². The van der Waals surface area contributed by atoms with E-state index >= 15 is 0 Å². The lowest BCUT2D eigenvalue weighted by Crippen LogP contribution is -2.29. The van der Waals surface area contributed by atoms with Gasteiger partial charge in [-0.2, -0.15) is 0 Å². The summed E-state index contributed by atoms with van der Waals surface area (Å²) in [6, 6.07) is 5.36. The Hall–Kier alpha value is -2.32. The largest absolute Gasteiger partial charge is 0.318 e. The summed E-state index contributed by atoms with van der Waals surface area (Å²) in [6.07, 6.45) is 0.827. The van der Waals surface area contributed by atoms with Crippen molar-refractivity contribution in [2.45, 2.75) is 13.0 Å². The molecule has 1 aliphatic heterocycles. The number of fused-ring (bicyclic) bond motifs is 1. The summed E-state index contributed by atoms with van der Waals surface area (Å²) in [6.45, 7) is 1.71. The maximum Gasteiger partial charge on any atom is 0.315 e. The molecule has 0 spiro atoms. The molecule has 2 aromatic rings. The molecule has 0 radical (unpaired) electrons. The van der Waals surface area contributed by atoms with Gasteiger partial charge in [0.1, 0.15) is 5.82 Å². The van der Waals surface area contributed by atoms with E-state index in [0.29, 0.717) is 5.13 Å². The number of likely N-dealkylation sites (N-methyl/N-ethyl adjacent to an activating group) is 1. The van der Waals surface area contributed by atoms with Crippen LogP contribution < -0.4 is 10.6 Å². The molecule has 6 nitrogen and oxygen atoms in total. The lowest BCUT2D eigenvalue weighted by molar-refractivity contribution is -0.133. The zero-order valence-electron chi connectivity index (χ0n) is 12.4. The number of anilines is 2. The molecule has 1 aromatic heterocycles. The Morgan fingerprint density at radius 2 is 2.09 bits per heavy atom. The Labute approximate surface area is 136 Å². The molecule has 2 N–H and O–H groups in total. The number of carbonyl (C=O) groups excluding carboxylic acids is 2. The summed E-state index contributed by atoms with van der Waals surface area (Å²) >= 11 is 1.37. The highest BCUT2D eigenvalue weighted by Crippen LogP contribution is 2.27. The van der Waals surface area contributed by atoms with Crippen molar-refractivity contribution in [3.63, 3.8) is 0 Å². The zero-order chi connectivity index (χ0) is 16.4. The second kappa shape index (κ2) is 6.43. The standard InChI is InChI=1S/C15H15FN4O2S/c1-20-6-5-11-12(8-20)23-15(18-11)19-14(22)13(21)17-10-4-2-3-9(16)7-10/h2-4,7H,5-6,8H2,1H3,(H,17,21)(H,18,19,22). The van der Waals surface area contributed by atoms with E-state index in [-0.39, 0.29) is 5.69 Å². The first-order valence-electron chi connectivity index (χ1n) is 7.06. The third-order valence-corrected chi connectivity index (χ3v) is 4.43. The van der Waals surface area contributed by atoms with Gasteiger partial charge >= 0.3 is 11.8 Å². The zero-order valence-corrected chi connectivity index (χ0v) is 13.2. The van der Waals surface area contributed by atoms with Crippen molar-refractivity contribution in [3.05, 3.63) is 40.7 Å². The van der Waals surface area contributed by atoms with Crippen molar-refractivity contribution in [1.82, 2.24) is 9.88 Å². The molecule has 0 aliphatic carbocycles. The van der Waals surface area contributed by atoms with Crippen LogP contribution in [0.4, 0.5) is 15.2 Å². The number of hydrogen-bond donors (Lipinski definition) is 2. The van der Waals surface area contributed by atoms with E-state index in [0.717, 1.165) is 36.1 Å². The van der Waals surface area contributed by atoms with Gasteiger partial charge in [0.2, 0.25) is 0 Å². The van der Waals surface area contributed by atoms with Crippen LogP contribution in [0.3, 0.4) is 0 Å². The summed E-state index contributed by atoms with van der Waals surface area (Å²) in [4.78, 5) is 31.4. The number of benzene rings is 1. The molecule has 3 rings (SSSR count). The molecule has 0 unspecified atom stereocenters. The molecular weight excluding hydrogens is 319 g/mol. The number of amides is 2. The lowest BCUT2D eigenvalue weighted by atomic mass is 10.2. The average Bonchev–Trinajstić information content (AvgIpc) is 2.88. The van der Waals surface area contributed by atoms with Gasteiger partial charge in [-0.15, -0.1) is 11.3 Å².